The Hall–Kier alpha value is -1.42. The monoisotopic (exact) mass is 230 g/mol. The fourth-order valence-electron chi connectivity index (χ4n) is 2.86. The number of aromatic nitrogens is 3. The first-order chi connectivity index (χ1) is 8.31. The summed E-state index contributed by atoms with van der Waals surface area (Å²) in [4.78, 5) is 9.21. The predicted molar refractivity (Wildman–Crippen MR) is 67.6 cm³/mol. The Labute approximate surface area is 101 Å². The normalized spacial score (nSPS) is 17.1. The van der Waals surface area contributed by atoms with Gasteiger partial charge in [-0.3, -0.25) is 0 Å². The molecule has 0 amide bonds. The highest BCUT2D eigenvalue weighted by atomic mass is 15.1. The quantitative estimate of drug-likeness (QED) is 0.859. The van der Waals surface area contributed by atoms with Crippen LogP contribution in [0.25, 0.3) is 11.2 Å². The van der Waals surface area contributed by atoms with Crippen molar-refractivity contribution in [3.05, 3.63) is 23.7 Å². The van der Waals surface area contributed by atoms with Gasteiger partial charge in [0.15, 0.2) is 5.65 Å². The molecule has 0 radical (unpaired) electrons. The Kier molecular flexibility index (Phi) is 2.59. The molecule has 17 heavy (non-hydrogen) atoms. The molecule has 1 aliphatic rings. The molecule has 3 rings (SSSR count). The van der Waals surface area contributed by atoms with Crippen LogP contribution >= 0.6 is 0 Å². The highest BCUT2D eigenvalue weighted by molar-refractivity contribution is 5.75. The van der Waals surface area contributed by atoms with Crippen LogP contribution in [0.2, 0.25) is 0 Å². The minimum Gasteiger partial charge on any atom is -0.326 e. The van der Waals surface area contributed by atoms with Crippen LogP contribution in [0.15, 0.2) is 12.3 Å². The van der Waals surface area contributed by atoms with Gasteiger partial charge in [-0.2, -0.15) is 0 Å². The van der Waals surface area contributed by atoms with E-state index < -0.39 is 0 Å². The third kappa shape index (κ3) is 1.63. The Morgan fingerprint density at radius 3 is 2.88 bits per heavy atom. The van der Waals surface area contributed by atoms with Crippen LogP contribution in [-0.2, 0) is 13.6 Å². The molecule has 1 saturated carbocycles. The van der Waals surface area contributed by atoms with Gasteiger partial charge in [0.05, 0.1) is 0 Å². The number of hydrogen-bond acceptors (Lipinski definition) is 3. The van der Waals surface area contributed by atoms with Crippen LogP contribution in [0.3, 0.4) is 0 Å². The molecule has 2 N–H and O–H groups in total. The number of aryl methyl sites for hydroxylation is 1. The molecule has 0 aliphatic heterocycles. The summed E-state index contributed by atoms with van der Waals surface area (Å²) in [5.41, 5.74) is 8.80. The summed E-state index contributed by atoms with van der Waals surface area (Å²) in [5, 5.41) is 0. The van der Waals surface area contributed by atoms with E-state index in [1.807, 2.05) is 12.3 Å². The lowest BCUT2D eigenvalue weighted by atomic mass is 10.1. The fraction of sp³-hybridized carbons (Fsp3) is 0.538. The maximum atomic E-state index is 5.75. The minimum absolute atomic E-state index is 0.528. The molecule has 4 nitrogen and oxygen atoms in total. The first-order valence-corrected chi connectivity index (χ1v) is 6.31. The lowest BCUT2D eigenvalue weighted by molar-refractivity contribution is 0.637. The van der Waals surface area contributed by atoms with Crippen molar-refractivity contribution in [1.29, 1.82) is 0 Å². The number of fused-ring (bicyclic) bond motifs is 1. The lowest BCUT2D eigenvalue weighted by Gasteiger charge is -2.07. The van der Waals surface area contributed by atoms with Crippen molar-refractivity contribution in [2.24, 2.45) is 12.8 Å². The van der Waals surface area contributed by atoms with Gasteiger partial charge < -0.3 is 10.3 Å². The summed E-state index contributed by atoms with van der Waals surface area (Å²) in [6, 6.07) is 1.97. The first-order valence-electron chi connectivity index (χ1n) is 6.31. The second-order valence-electron chi connectivity index (χ2n) is 4.86. The summed E-state index contributed by atoms with van der Waals surface area (Å²) in [6.45, 7) is 0.528. The maximum absolute atomic E-state index is 5.75. The van der Waals surface area contributed by atoms with Gasteiger partial charge in [-0.1, -0.05) is 12.8 Å². The number of nitrogens with two attached hydrogens (primary N) is 1. The second-order valence-corrected chi connectivity index (χ2v) is 4.86. The van der Waals surface area contributed by atoms with Gasteiger partial charge >= 0.3 is 0 Å². The number of rotatable bonds is 2. The smallest absolute Gasteiger partial charge is 0.160 e. The molecule has 1 fully saturated rings. The van der Waals surface area contributed by atoms with E-state index in [2.05, 4.69) is 16.6 Å². The zero-order valence-electron chi connectivity index (χ0n) is 10.2. The van der Waals surface area contributed by atoms with Crippen LogP contribution in [-0.4, -0.2) is 14.5 Å². The molecule has 0 aromatic carbocycles. The Bertz CT molecular complexity index is 538. The third-order valence-corrected chi connectivity index (χ3v) is 3.82. The van der Waals surface area contributed by atoms with E-state index in [1.165, 1.54) is 31.5 Å². The van der Waals surface area contributed by atoms with Crippen molar-refractivity contribution in [3.63, 3.8) is 0 Å². The second kappa shape index (κ2) is 4.11. The summed E-state index contributed by atoms with van der Waals surface area (Å²) >= 11 is 0. The van der Waals surface area contributed by atoms with Gasteiger partial charge in [0, 0.05) is 25.7 Å². The van der Waals surface area contributed by atoms with E-state index in [1.54, 1.807) is 0 Å². The van der Waals surface area contributed by atoms with Crippen molar-refractivity contribution in [1.82, 2.24) is 14.5 Å². The molecule has 2 heterocycles. The molecule has 0 unspecified atom stereocenters. The average molecular weight is 230 g/mol. The zero-order valence-corrected chi connectivity index (χ0v) is 10.2. The van der Waals surface area contributed by atoms with Gasteiger partial charge in [-0.25, -0.2) is 9.97 Å². The molecular formula is C13H18N4. The maximum Gasteiger partial charge on any atom is 0.160 e. The topological polar surface area (TPSA) is 56.7 Å². The van der Waals surface area contributed by atoms with Crippen LogP contribution in [0, 0.1) is 0 Å². The van der Waals surface area contributed by atoms with Crippen LogP contribution in [0.4, 0.5) is 0 Å². The van der Waals surface area contributed by atoms with Crippen LogP contribution in [0.5, 0.6) is 0 Å². The minimum atomic E-state index is 0.528. The van der Waals surface area contributed by atoms with E-state index in [0.29, 0.717) is 12.5 Å². The highest BCUT2D eigenvalue weighted by Gasteiger charge is 2.23. The molecule has 0 bridgehead atoms. The summed E-state index contributed by atoms with van der Waals surface area (Å²) < 4.78 is 2.14. The van der Waals surface area contributed by atoms with Gasteiger partial charge in [-0.15, -0.1) is 0 Å². The van der Waals surface area contributed by atoms with Gasteiger partial charge in [0.1, 0.15) is 11.3 Å². The van der Waals surface area contributed by atoms with Crippen LogP contribution < -0.4 is 5.73 Å². The fourth-order valence-corrected chi connectivity index (χ4v) is 2.86. The lowest BCUT2D eigenvalue weighted by Crippen LogP contribution is -2.02. The van der Waals surface area contributed by atoms with Crippen molar-refractivity contribution in [2.75, 3.05) is 0 Å². The van der Waals surface area contributed by atoms with Gasteiger partial charge in [0.25, 0.3) is 0 Å². The van der Waals surface area contributed by atoms with Gasteiger partial charge in [-0.05, 0) is 24.5 Å². The summed E-state index contributed by atoms with van der Waals surface area (Å²) in [5.74, 6) is 1.80. The summed E-state index contributed by atoms with van der Waals surface area (Å²) in [6.07, 6.45) is 6.99. The Morgan fingerprint density at radius 2 is 2.18 bits per heavy atom. The first kappa shape index (κ1) is 10.7. The highest BCUT2D eigenvalue weighted by Crippen LogP contribution is 2.34. The number of pyridine rings is 1. The van der Waals surface area contributed by atoms with Crippen molar-refractivity contribution in [3.8, 4) is 0 Å². The van der Waals surface area contributed by atoms with Gasteiger partial charge in [0.2, 0.25) is 0 Å². The Balaban J connectivity index is 2.16. The predicted octanol–water partition coefficient (Wildman–Crippen LogP) is 2.08. The number of imidazole rings is 1. The average Bonchev–Trinajstić information content (AvgIpc) is 2.97. The molecule has 4 heteroatoms. The Morgan fingerprint density at radius 1 is 1.41 bits per heavy atom. The molecule has 2 aromatic rings. The van der Waals surface area contributed by atoms with Crippen molar-refractivity contribution >= 4 is 11.2 Å². The molecule has 2 aromatic heterocycles. The van der Waals surface area contributed by atoms with Crippen molar-refractivity contribution < 1.29 is 0 Å². The standard InChI is InChI=1S/C13H18N4/c1-17-12(9-4-2-3-5-9)16-11-10(8-14)6-7-15-13(11)17/h6-7,9H,2-5,8,14H2,1H3. The summed E-state index contributed by atoms with van der Waals surface area (Å²) in [7, 11) is 2.07. The number of nitrogens with zero attached hydrogens (tertiary/aromatic N) is 3. The molecule has 0 atom stereocenters. The van der Waals surface area contributed by atoms with E-state index >= 15 is 0 Å². The molecule has 90 valence electrons. The molecular weight excluding hydrogens is 212 g/mol. The molecule has 0 saturated heterocycles. The van der Waals surface area contributed by atoms with E-state index in [9.17, 15) is 0 Å². The van der Waals surface area contributed by atoms with E-state index in [4.69, 9.17) is 10.7 Å². The number of hydrogen-bond donors (Lipinski definition) is 1. The molecule has 0 spiro atoms. The van der Waals surface area contributed by atoms with E-state index in [-0.39, 0.29) is 0 Å². The third-order valence-electron chi connectivity index (χ3n) is 3.82. The zero-order chi connectivity index (χ0) is 11.8. The van der Waals surface area contributed by atoms with Crippen molar-refractivity contribution in [2.45, 2.75) is 38.1 Å². The largest absolute Gasteiger partial charge is 0.326 e. The molecule has 1 aliphatic carbocycles. The SMILES string of the molecule is Cn1c(C2CCCC2)nc2c(CN)ccnc21. The van der Waals surface area contributed by atoms with E-state index in [0.717, 1.165) is 16.7 Å². The van der Waals surface area contributed by atoms with Crippen LogP contribution in [0.1, 0.15) is 43.0 Å².